The lowest BCUT2D eigenvalue weighted by Gasteiger charge is -2.21. The van der Waals surface area contributed by atoms with Crippen molar-refractivity contribution < 1.29 is 80.2 Å². The van der Waals surface area contributed by atoms with Gasteiger partial charge in [0.2, 0.25) is 0 Å². The minimum Gasteiger partial charge on any atom is -0.462 e. The molecule has 17 nitrogen and oxygen atoms in total. The topological polar surface area (TPSA) is 237 Å². The maximum atomic E-state index is 13.0. The molecule has 0 aliphatic carbocycles. The van der Waals surface area contributed by atoms with Gasteiger partial charge in [0.25, 0.3) is 0 Å². The van der Waals surface area contributed by atoms with E-state index in [-0.39, 0.29) is 25.7 Å². The monoisotopic (exact) mass is 1340 g/mol. The third-order valence-electron chi connectivity index (χ3n) is 16.6. The second kappa shape index (κ2) is 61.6. The van der Waals surface area contributed by atoms with Crippen LogP contribution in [0.4, 0.5) is 0 Å². The number of phosphoric ester groups is 2. The van der Waals surface area contributed by atoms with Crippen LogP contribution in [0, 0.1) is 23.7 Å². The predicted octanol–water partition coefficient (Wildman–Crippen LogP) is 20.5. The van der Waals surface area contributed by atoms with Crippen LogP contribution in [0.15, 0.2) is 0 Å². The normalized spacial score (nSPS) is 14.2. The first-order valence-electron chi connectivity index (χ1n) is 37.2. The van der Waals surface area contributed by atoms with Crippen LogP contribution in [0.1, 0.15) is 357 Å². The summed E-state index contributed by atoms with van der Waals surface area (Å²) in [5.41, 5.74) is 0. The van der Waals surface area contributed by atoms with Crippen LogP contribution >= 0.6 is 15.6 Å². The molecule has 91 heavy (non-hydrogen) atoms. The van der Waals surface area contributed by atoms with E-state index < -0.39 is 97.5 Å². The van der Waals surface area contributed by atoms with E-state index in [1.54, 1.807) is 0 Å². The fourth-order valence-electron chi connectivity index (χ4n) is 10.8. The molecule has 0 heterocycles. The van der Waals surface area contributed by atoms with Crippen molar-refractivity contribution in [2.45, 2.75) is 375 Å². The van der Waals surface area contributed by atoms with Crippen LogP contribution in [0.25, 0.3) is 0 Å². The molecule has 0 saturated carbocycles. The highest BCUT2D eigenvalue weighted by molar-refractivity contribution is 7.47. The smallest absolute Gasteiger partial charge is 0.462 e. The second-order valence-electron chi connectivity index (χ2n) is 27.9. The minimum absolute atomic E-state index is 0.103. The highest BCUT2D eigenvalue weighted by Crippen LogP contribution is 2.45. The molecule has 0 spiro atoms. The van der Waals surface area contributed by atoms with Crippen molar-refractivity contribution in [1.29, 1.82) is 0 Å². The zero-order chi connectivity index (χ0) is 67.5. The van der Waals surface area contributed by atoms with Gasteiger partial charge in [-0.15, -0.1) is 0 Å². The quantitative estimate of drug-likeness (QED) is 0.0222. The number of carbonyl (C=O) groups excluding carboxylic acids is 4. The number of hydrogen-bond acceptors (Lipinski definition) is 15. The molecule has 0 rings (SSSR count). The van der Waals surface area contributed by atoms with Gasteiger partial charge in [-0.1, -0.05) is 306 Å². The summed E-state index contributed by atoms with van der Waals surface area (Å²) in [6.07, 6.45) is 44.6. The van der Waals surface area contributed by atoms with Crippen molar-refractivity contribution in [2.24, 2.45) is 23.7 Å². The molecular weight excluding hydrogens is 1200 g/mol. The van der Waals surface area contributed by atoms with E-state index in [0.29, 0.717) is 37.5 Å². The van der Waals surface area contributed by atoms with Crippen molar-refractivity contribution in [1.82, 2.24) is 0 Å². The number of aliphatic hydroxyl groups is 1. The first-order chi connectivity index (χ1) is 43.6. The van der Waals surface area contributed by atoms with Crippen molar-refractivity contribution in [3.05, 3.63) is 0 Å². The summed E-state index contributed by atoms with van der Waals surface area (Å²) in [7, 11) is -9.90. The molecule has 19 heteroatoms. The van der Waals surface area contributed by atoms with Crippen LogP contribution in [0.3, 0.4) is 0 Å². The Morgan fingerprint density at radius 3 is 0.681 bits per heavy atom. The number of phosphoric acid groups is 2. The van der Waals surface area contributed by atoms with E-state index in [0.717, 1.165) is 108 Å². The Balaban J connectivity index is 5.22. The van der Waals surface area contributed by atoms with E-state index in [4.69, 9.17) is 37.0 Å². The summed E-state index contributed by atoms with van der Waals surface area (Å²) in [6, 6.07) is 0. The highest BCUT2D eigenvalue weighted by Gasteiger charge is 2.30. The molecule has 540 valence electrons. The highest BCUT2D eigenvalue weighted by atomic mass is 31.2. The maximum Gasteiger partial charge on any atom is 0.472 e. The molecule has 0 aliphatic rings. The Labute approximate surface area is 556 Å². The van der Waals surface area contributed by atoms with E-state index in [2.05, 4.69) is 55.4 Å². The molecule has 3 unspecified atom stereocenters. The number of unbranched alkanes of at least 4 members (excludes halogenated alkanes) is 35. The average Bonchev–Trinajstić information content (AvgIpc) is 3.44. The van der Waals surface area contributed by atoms with Gasteiger partial charge < -0.3 is 33.8 Å². The zero-order valence-corrected chi connectivity index (χ0v) is 61.3. The predicted molar refractivity (Wildman–Crippen MR) is 367 cm³/mol. The zero-order valence-electron chi connectivity index (χ0n) is 59.5. The van der Waals surface area contributed by atoms with Gasteiger partial charge in [0.15, 0.2) is 12.2 Å². The van der Waals surface area contributed by atoms with E-state index in [9.17, 15) is 43.2 Å². The molecular formula is C72H140O17P2. The van der Waals surface area contributed by atoms with Crippen LogP contribution in [-0.4, -0.2) is 96.7 Å². The second-order valence-corrected chi connectivity index (χ2v) is 30.8. The Kier molecular flexibility index (Phi) is 60.3. The summed E-state index contributed by atoms with van der Waals surface area (Å²) >= 11 is 0. The number of hydrogen-bond donors (Lipinski definition) is 3. The summed E-state index contributed by atoms with van der Waals surface area (Å²) in [6.45, 7) is 14.1. The van der Waals surface area contributed by atoms with Gasteiger partial charge in [0, 0.05) is 25.7 Å². The van der Waals surface area contributed by atoms with Gasteiger partial charge in [0.05, 0.1) is 26.4 Å². The minimum atomic E-state index is -4.95. The third kappa shape index (κ3) is 66.5. The van der Waals surface area contributed by atoms with Crippen LogP contribution in [-0.2, 0) is 65.4 Å². The van der Waals surface area contributed by atoms with Crippen molar-refractivity contribution >= 4 is 39.5 Å². The Morgan fingerprint density at radius 1 is 0.275 bits per heavy atom. The Bertz CT molecular complexity index is 1800. The third-order valence-corrected chi connectivity index (χ3v) is 18.5. The summed E-state index contributed by atoms with van der Waals surface area (Å²) in [5.74, 6) is 0.840. The van der Waals surface area contributed by atoms with Gasteiger partial charge in [-0.25, -0.2) is 9.13 Å². The Hall–Kier alpha value is -1.94. The maximum absolute atomic E-state index is 13.0. The molecule has 0 aromatic rings. The molecule has 0 aromatic heterocycles. The lowest BCUT2D eigenvalue weighted by atomic mass is 10.0. The van der Waals surface area contributed by atoms with Crippen molar-refractivity contribution in [3.63, 3.8) is 0 Å². The lowest BCUT2D eigenvalue weighted by molar-refractivity contribution is -0.161. The molecule has 0 radical (unpaired) electrons. The number of carbonyl (C=O) groups is 4. The van der Waals surface area contributed by atoms with Gasteiger partial charge in [0.1, 0.15) is 19.3 Å². The average molecular weight is 1340 g/mol. The number of ether oxygens (including phenoxy) is 4. The molecule has 0 bridgehead atoms. The molecule has 3 N–H and O–H groups in total. The number of aliphatic hydroxyl groups excluding tert-OH is 1. The first-order valence-corrected chi connectivity index (χ1v) is 40.2. The van der Waals surface area contributed by atoms with Crippen molar-refractivity contribution in [2.75, 3.05) is 39.6 Å². The van der Waals surface area contributed by atoms with Crippen molar-refractivity contribution in [3.8, 4) is 0 Å². The molecule has 0 aromatic carbocycles. The molecule has 0 saturated heterocycles. The van der Waals surface area contributed by atoms with Crippen LogP contribution < -0.4 is 0 Å². The van der Waals surface area contributed by atoms with E-state index in [1.807, 2.05) is 0 Å². The van der Waals surface area contributed by atoms with Crippen LogP contribution in [0.5, 0.6) is 0 Å². The first kappa shape index (κ1) is 89.1. The molecule has 0 fully saturated rings. The molecule has 5 atom stereocenters. The Morgan fingerprint density at radius 2 is 0.462 bits per heavy atom. The van der Waals surface area contributed by atoms with Gasteiger partial charge >= 0.3 is 39.5 Å². The summed E-state index contributed by atoms with van der Waals surface area (Å²) < 4.78 is 68.3. The summed E-state index contributed by atoms with van der Waals surface area (Å²) in [5, 5.41) is 10.6. The fraction of sp³-hybridized carbons (Fsp3) is 0.944. The SMILES string of the molecule is CC(C)CCCCCCCCCCCCCCCC(=O)O[C@H](COC(=O)CCCCCCCCCC(C)C)COP(=O)(O)OCC(O)COP(=O)(O)OC[C@@H](COC(=O)CCCCCCCCCCCCCCC(C)C)OC(=O)CCCCCCCCCC(C)C. The van der Waals surface area contributed by atoms with Gasteiger partial charge in [-0.2, -0.15) is 0 Å². The molecule has 0 aliphatic heterocycles. The van der Waals surface area contributed by atoms with E-state index in [1.165, 1.54) is 154 Å². The lowest BCUT2D eigenvalue weighted by Crippen LogP contribution is -2.30. The largest absolute Gasteiger partial charge is 0.472 e. The molecule has 0 amide bonds. The van der Waals surface area contributed by atoms with Gasteiger partial charge in [-0.3, -0.25) is 37.3 Å². The van der Waals surface area contributed by atoms with Crippen LogP contribution in [0.2, 0.25) is 0 Å². The summed E-state index contributed by atoms with van der Waals surface area (Å²) in [4.78, 5) is 72.6. The van der Waals surface area contributed by atoms with Gasteiger partial charge in [-0.05, 0) is 49.4 Å². The standard InChI is InChI=1S/C72H140O17P2/c1-62(2)48-40-32-24-18-14-10-9-11-17-21-29-38-46-54-71(76)88-67(59-83-70(75)53-45-37-30-22-26-34-42-50-64(5)6)60-86-90(78,79)84-56-66(73)57-85-91(80,81)87-61-68(89-72(77)55-47-39-31-23-27-35-43-51-65(7)8)58-82-69(74)52-44-36-28-20-16-13-12-15-19-25-33-41-49-63(3)4/h62-68,73H,9-61H2,1-8H3,(H,78,79)(H,80,81)/t66?,67-,68-/m1/s1. The van der Waals surface area contributed by atoms with E-state index >= 15 is 0 Å². The number of esters is 4. The fourth-order valence-corrected chi connectivity index (χ4v) is 12.4. The number of rotatable bonds is 69.